The number of nitriles is 1. The average molecular weight is 668 g/mol. The first kappa shape index (κ1) is 33.5. The number of pyridine rings is 1. The van der Waals surface area contributed by atoms with Crippen molar-refractivity contribution < 1.29 is 23.8 Å². The highest BCUT2D eigenvalue weighted by Crippen LogP contribution is 2.60. The van der Waals surface area contributed by atoms with Crippen LogP contribution in [0.15, 0.2) is 58.7 Å². The fourth-order valence-electron chi connectivity index (χ4n) is 8.14. The molecule has 0 atom stereocenters. The van der Waals surface area contributed by atoms with Crippen molar-refractivity contribution in [3.8, 4) is 17.6 Å². The molecule has 4 aliphatic carbocycles. The summed E-state index contributed by atoms with van der Waals surface area (Å²) in [4.78, 5) is 29.6. The summed E-state index contributed by atoms with van der Waals surface area (Å²) in [6.07, 6.45) is 9.68. The molecule has 1 aromatic heterocycles. The van der Waals surface area contributed by atoms with Crippen LogP contribution in [0.5, 0.6) is 11.5 Å². The molecule has 250 valence electrons. The average Bonchev–Trinajstić information content (AvgIpc) is 3.06. The Morgan fingerprint density at radius 3 is 2.38 bits per heavy atom. The number of methoxy groups -OCH3 is 2. The van der Waals surface area contributed by atoms with Crippen LogP contribution in [0.4, 0.5) is 5.69 Å². The molecule has 11 heteroatoms. The lowest BCUT2D eigenvalue weighted by Crippen LogP contribution is -2.48. The van der Waals surface area contributed by atoms with Gasteiger partial charge in [-0.3, -0.25) is 9.59 Å². The number of thioether (sulfide) groups is 1. The summed E-state index contributed by atoms with van der Waals surface area (Å²) < 4.78 is 16.4. The van der Waals surface area contributed by atoms with Gasteiger partial charge in [0.1, 0.15) is 11.1 Å². The number of benzene rings is 2. The van der Waals surface area contributed by atoms with E-state index >= 15 is 0 Å². The first-order valence-electron chi connectivity index (χ1n) is 16.3. The molecule has 0 radical (unpaired) electrons. The maximum Gasteiger partial charge on any atom is 0.262 e. The number of carbonyl (C=O) groups is 2. The first-order chi connectivity index (χ1) is 23.3. The summed E-state index contributed by atoms with van der Waals surface area (Å²) >= 11 is 1.16. The summed E-state index contributed by atoms with van der Waals surface area (Å²) in [6.45, 7) is 1.94. The standard InChI is InChI=1S/C37H41N5O5S/c1-23-10-28(20-45-2)31(18-38)36(40-23)48-22-35(44)42-39-19-24-4-9-32(33(14-24)46-3)47-21-34(43)41-30-7-5-29(6-8-30)37-15-25-11-26(16-37)13-27(12-25)17-37/h4-10,14,19,25-27H,11-13,15-17,20-22H2,1-3H3,(H,41,43)(H,42,44)/b39-19+. The van der Waals surface area contributed by atoms with Crippen molar-refractivity contribution in [1.29, 1.82) is 5.26 Å². The number of ether oxygens (including phenoxy) is 3. The summed E-state index contributed by atoms with van der Waals surface area (Å²) in [6, 6.07) is 17.5. The number of aryl methyl sites for hydroxylation is 1. The number of aromatic nitrogens is 1. The highest BCUT2D eigenvalue weighted by molar-refractivity contribution is 8.00. The number of hydrogen-bond donors (Lipinski definition) is 2. The van der Waals surface area contributed by atoms with Gasteiger partial charge in [-0.2, -0.15) is 10.4 Å². The number of nitrogens with one attached hydrogen (secondary N) is 2. The maximum atomic E-state index is 12.7. The van der Waals surface area contributed by atoms with Crippen molar-refractivity contribution in [2.45, 2.75) is 62.5 Å². The molecule has 4 bridgehead atoms. The van der Waals surface area contributed by atoms with Crippen molar-refractivity contribution in [2.24, 2.45) is 22.9 Å². The van der Waals surface area contributed by atoms with Crippen LogP contribution in [-0.2, 0) is 26.3 Å². The van der Waals surface area contributed by atoms with Crippen molar-refractivity contribution in [3.63, 3.8) is 0 Å². The van der Waals surface area contributed by atoms with Crippen LogP contribution in [-0.4, -0.2) is 49.6 Å². The molecule has 4 aliphatic rings. The zero-order chi connectivity index (χ0) is 33.7. The van der Waals surface area contributed by atoms with E-state index in [9.17, 15) is 14.9 Å². The van der Waals surface area contributed by atoms with E-state index in [-0.39, 0.29) is 30.8 Å². The zero-order valence-electron chi connectivity index (χ0n) is 27.6. The molecule has 0 unspecified atom stereocenters. The van der Waals surface area contributed by atoms with Gasteiger partial charge < -0.3 is 19.5 Å². The van der Waals surface area contributed by atoms with Crippen LogP contribution in [0.25, 0.3) is 0 Å². The van der Waals surface area contributed by atoms with E-state index in [0.717, 1.165) is 46.5 Å². The fourth-order valence-corrected chi connectivity index (χ4v) is 9.01. The van der Waals surface area contributed by atoms with Crippen LogP contribution in [0, 0.1) is 36.0 Å². The van der Waals surface area contributed by atoms with Gasteiger partial charge in [0, 0.05) is 18.5 Å². The molecular weight excluding hydrogens is 627 g/mol. The zero-order valence-corrected chi connectivity index (χ0v) is 28.4. The SMILES string of the molecule is COCc1cc(C)nc(SCC(=O)N/N=C/c2ccc(OCC(=O)Nc3ccc(C45CC6CC(CC(C6)C4)C5)cc3)c(OC)c2)c1C#N. The van der Waals surface area contributed by atoms with Crippen LogP contribution in [0.3, 0.4) is 0 Å². The Bertz CT molecular complexity index is 1700. The third kappa shape index (κ3) is 7.66. The molecule has 48 heavy (non-hydrogen) atoms. The summed E-state index contributed by atoms with van der Waals surface area (Å²) in [7, 11) is 3.08. The molecule has 3 aromatic rings. The van der Waals surface area contributed by atoms with Crippen LogP contribution in [0.2, 0.25) is 0 Å². The predicted octanol–water partition coefficient (Wildman–Crippen LogP) is 6.14. The molecule has 0 saturated heterocycles. The third-order valence-electron chi connectivity index (χ3n) is 9.72. The Morgan fingerprint density at radius 2 is 1.73 bits per heavy atom. The second-order valence-corrected chi connectivity index (χ2v) is 14.2. The Balaban J connectivity index is 0.977. The van der Waals surface area contributed by atoms with Gasteiger partial charge in [0.2, 0.25) is 5.91 Å². The van der Waals surface area contributed by atoms with Crippen LogP contribution < -0.4 is 20.2 Å². The van der Waals surface area contributed by atoms with Gasteiger partial charge >= 0.3 is 0 Å². The molecule has 2 N–H and O–H groups in total. The number of nitrogens with zero attached hydrogens (tertiary/aromatic N) is 3. The van der Waals surface area contributed by atoms with Crippen LogP contribution >= 0.6 is 11.8 Å². The minimum absolute atomic E-state index is 0.0270. The fraction of sp³-hybridized carbons (Fsp3) is 0.432. The molecule has 1 heterocycles. The highest BCUT2D eigenvalue weighted by atomic mass is 32.2. The van der Waals surface area contributed by atoms with E-state index in [1.807, 2.05) is 19.1 Å². The van der Waals surface area contributed by atoms with Gasteiger partial charge in [-0.25, -0.2) is 10.4 Å². The lowest BCUT2D eigenvalue weighted by Gasteiger charge is -2.57. The number of carbonyl (C=O) groups excluding carboxylic acids is 2. The molecule has 0 spiro atoms. The van der Waals surface area contributed by atoms with Gasteiger partial charge in [-0.15, -0.1) is 0 Å². The molecule has 0 aliphatic heterocycles. The second kappa shape index (κ2) is 14.8. The molecule has 4 fully saturated rings. The number of amides is 2. The van der Waals surface area contributed by atoms with E-state index in [2.05, 4.69) is 39.0 Å². The number of hydrogen-bond acceptors (Lipinski definition) is 9. The van der Waals surface area contributed by atoms with Gasteiger partial charge in [-0.05, 0) is 122 Å². The van der Waals surface area contributed by atoms with Gasteiger partial charge in [0.25, 0.3) is 5.91 Å². The lowest BCUT2D eigenvalue weighted by molar-refractivity contribution is -0.119. The predicted molar refractivity (Wildman–Crippen MR) is 184 cm³/mol. The Morgan fingerprint density at radius 1 is 1.02 bits per heavy atom. The Labute approximate surface area is 285 Å². The second-order valence-electron chi connectivity index (χ2n) is 13.3. The summed E-state index contributed by atoms with van der Waals surface area (Å²) in [5.74, 6) is 2.92. The van der Waals surface area contributed by atoms with Gasteiger partial charge in [0.15, 0.2) is 18.1 Å². The Hall–Kier alpha value is -4.40. The molecular formula is C37H41N5O5S. The van der Waals surface area contributed by atoms with E-state index < -0.39 is 0 Å². The largest absolute Gasteiger partial charge is 0.493 e. The van der Waals surface area contributed by atoms with E-state index in [1.54, 1.807) is 31.4 Å². The minimum Gasteiger partial charge on any atom is -0.493 e. The molecule has 10 nitrogen and oxygen atoms in total. The van der Waals surface area contributed by atoms with Crippen molar-refractivity contribution in [2.75, 3.05) is 31.9 Å². The van der Waals surface area contributed by atoms with Crippen molar-refractivity contribution in [3.05, 3.63) is 76.5 Å². The summed E-state index contributed by atoms with van der Waals surface area (Å²) in [5.41, 5.74) is 7.53. The number of hydrazone groups is 1. The van der Waals surface area contributed by atoms with E-state index in [0.29, 0.717) is 33.1 Å². The van der Waals surface area contributed by atoms with E-state index in [4.69, 9.17) is 14.2 Å². The van der Waals surface area contributed by atoms with Crippen LogP contribution in [0.1, 0.15) is 66.5 Å². The monoisotopic (exact) mass is 667 g/mol. The normalized spacial score (nSPS) is 22.3. The molecule has 2 aromatic carbocycles. The molecule has 2 amide bonds. The van der Waals surface area contributed by atoms with Crippen molar-refractivity contribution in [1.82, 2.24) is 10.4 Å². The highest BCUT2D eigenvalue weighted by Gasteiger charge is 2.51. The minimum atomic E-state index is -0.350. The summed E-state index contributed by atoms with van der Waals surface area (Å²) in [5, 5.41) is 17.0. The maximum absolute atomic E-state index is 12.7. The Kier molecular flexibility index (Phi) is 10.3. The first-order valence-corrected chi connectivity index (χ1v) is 17.3. The number of rotatable bonds is 13. The molecule has 4 saturated carbocycles. The lowest BCUT2D eigenvalue weighted by atomic mass is 9.48. The molecule has 7 rings (SSSR count). The third-order valence-corrected chi connectivity index (χ3v) is 10.7. The van der Waals surface area contributed by atoms with E-state index in [1.165, 1.54) is 57.4 Å². The van der Waals surface area contributed by atoms with Gasteiger partial charge in [-0.1, -0.05) is 23.9 Å². The number of anilines is 1. The van der Waals surface area contributed by atoms with Crippen molar-refractivity contribution >= 4 is 35.5 Å². The topological polar surface area (TPSA) is 135 Å². The smallest absolute Gasteiger partial charge is 0.262 e. The van der Waals surface area contributed by atoms with Gasteiger partial charge in [0.05, 0.1) is 31.2 Å². The quantitative estimate of drug-likeness (QED) is 0.126.